The summed E-state index contributed by atoms with van der Waals surface area (Å²) >= 11 is 0. The molecule has 0 spiro atoms. The summed E-state index contributed by atoms with van der Waals surface area (Å²) in [5.41, 5.74) is 3.65. The quantitative estimate of drug-likeness (QED) is 0.834. The molecule has 0 saturated carbocycles. The Kier molecular flexibility index (Phi) is 4.93. The van der Waals surface area contributed by atoms with Crippen molar-refractivity contribution in [2.75, 3.05) is 26.8 Å². The molecule has 0 amide bonds. The fraction of sp³-hybridized carbons (Fsp3) is 0.316. The maximum Gasteiger partial charge on any atom is 0.131 e. The Labute approximate surface area is 137 Å². The highest BCUT2D eigenvalue weighted by Gasteiger charge is 2.15. The van der Waals surface area contributed by atoms with Gasteiger partial charge in [-0.1, -0.05) is 24.3 Å². The number of methoxy groups -OCH3 is 1. The number of hydrogen-bond acceptors (Lipinski definition) is 4. The maximum atomic E-state index is 7.34. The first-order valence-corrected chi connectivity index (χ1v) is 7.90. The lowest BCUT2D eigenvalue weighted by molar-refractivity contribution is 0.196. The summed E-state index contributed by atoms with van der Waals surface area (Å²) in [4.78, 5) is 2.42. The first-order valence-electron chi connectivity index (χ1n) is 7.90. The van der Waals surface area contributed by atoms with E-state index in [1.165, 1.54) is 17.3 Å². The predicted molar refractivity (Wildman–Crippen MR) is 91.8 cm³/mol. The predicted octanol–water partition coefficient (Wildman–Crippen LogP) is 3.13. The van der Waals surface area contributed by atoms with Gasteiger partial charge in [0.15, 0.2) is 0 Å². The number of rotatable bonds is 6. The van der Waals surface area contributed by atoms with Crippen molar-refractivity contribution in [1.29, 1.82) is 5.41 Å². The minimum Gasteiger partial charge on any atom is -0.496 e. The SMILES string of the molecule is COc1cc(OCCN2CCc3ccccc3C2)ccc1C=N. The number of nitrogens with one attached hydrogen (secondary N) is 1. The van der Waals surface area contributed by atoms with Gasteiger partial charge >= 0.3 is 0 Å². The second kappa shape index (κ2) is 7.29. The second-order valence-corrected chi connectivity index (χ2v) is 5.69. The number of fused-ring (bicyclic) bond motifs is 1. The summed E-state index contributed by atoms with van der Waals surface area (Å²) < 4.78 is 11.1. The van der Waals surface area contributed by atoms with Gasteiger partial charge in [0.25, 0.3) is 0 Å². The Balaban J connectivity index is 1.53. The van der Waals surface area contributed by atoms with Crippen molar-refractivity contribution in [1.82, 2.24) is 4.90 Å². The Morgan fingerprint density at radius 1 is 1.17 bits per heavy atom. The standard InChI is InChI=1S/C19H22N2O2/c1-22-19-12-18(7-6-16(19)13-20)23-11-10-21-9-8-15-4-2-3-5-17(15)14-21/h2-7,12-13,20H,8-11,14H2,1H3. The Morgan fingerprint density at radius 2 is 2.00 bits per heavy atom. The molecule has 0 aliphatic carbocycles. The molecule has 4 heteroatoms. The van der Waals surface area contributed by atoms with E-state index < -0.39 is 0 Å². The minimum absolute atomic E-state index is 0.648. The maximum absolute atomic E-state index is 7.34. The lowest BCUT2D eigenvalue weighted by atomic mass is 10.0. The molecule has 1 aliphatic rings. The van der Waals surface area contributed by atoms with E-state index >= 15 is 0 Å². The monoisotopic (exact) mass is 310 g/mol. The fourth-order valence-electron chi connectivity index (χ4n) is 2.94. The minimum atomic E-state index is 0.648. The summed E-state index contributed by atoms with van der Waals surface area (Å²) in [6.45, 7) is 3.63. The summed E-state index contributed by atoms with van der Waals surface area (Å²) in [5.74, 6) is 1.45. The van der Waals surface area contributed by atoms with E-state index in [1.54, 1.807) is 7.11 Å². The van der Waals surface area contributed by atoms with Gasteiger partial charge in [0.1, 0.15) is 18.1 Å². The van der Waals surface area contributed by atoms with Crippen molar-refractivity contribution in [3.05, 3.63) is 59.2 Å². The highest BCUT2D eigenvalue weighted by Crippen LogP contribution is 2.23. The van der Waals surface area contributed by atoms with E-state index in [1.807, 2.05) is 18.2 Å². The smallest absolute Gasteiger partial charge is 0.131 e. The van der Waals surface area contributed by atoms with Gasteiger partial charge < -0.3 is 14.9 Å². The normalized spacial score (nSPS) is 14.1. The molecule has 23 heavy (non-hydrogen) atoms. The molecule has 0 unspecified atom stereocenters. The van der Waals surface area contributed by atoms with E-state index in [0.717, 1.165) is 37.4 Å². The highest BCUT2D eigenvalue weighted by molar-refractivity contribution is 5.81. The summed E-state index contributed by atoms with van der Waals surface area (Å²) in [7, 11) is 1.61. The van der Waals surface area contributed by atoms with Gasteiger partial charge in [-0.3, -0.25) is 4.90 Å². The van der Waals surface area contributed by atoms with Crippen LogP contribution in [0.4, 0.5) is 0 Å². The molecule has 3 rings (SSSR count). The third-order valence-corrected chi connectivity index (χ3v) is 4.25. The molecule has 1 N–H and O–H groups in total. The molecule has 0 aromatic heterocycles. The van der Waals surface area contributed by atoms with Crippen molar-refractivity contribution in [2.24, 2.45) is 0 Å². The first-order chi connectivity index (χ1) is 11.3. The second-order valence-electron chi connectivity index (χ2n) is 5.69. The molecule has 0 atom stereocenters. The third kappa shape index (κ3) is 3.71. The summed E-state index contributed by atoms with van der Waals surface area (Å²) in [5, 5.41) is 7.34. The van der Waals surface area contributed by atoms with Crippen molar-refractivity contribution in [3.8, 4) is 11.5 Å². The fourth-order valence-corrected chi connectivity index (χ4v) is 2.94. The van der Waals surface area contributed by atoms with E-state index in [0.29, 0.717) is 12.4 Å². The van der Waals surface area contributed by atoms with Crippen LogP contribution in [-0.4, -0.2) is 37.9 Å². The molecule has 0 saturated heterocycles. The number of benzene rings is 2. The zero-order valence-electron chi connectivity index (χ0n) is 13.4. The Hall–Kier alpha value is -2.33. The zero-order chi connectivity index (χ0) is 16.1. The van der Waals surface area contributed by atoms with Gasteiger partial charge in [-0.2, -0.15) is 0 Å². The van der Waals surface area contributed by atoms with Crippen LogP contribution < -0.4 is 9.47 Å². The van der Waals surface area contributed by atoms with Crippen LogP contribution in [-0.2, 0) is 13.0 Å². The average molecular weight is 310 g/mol. The molecule has 1 aliphatic heterocycles. The molecule has 1 heterocycles. The lowest BCUT2D eigenvalue weighted by Gasteiger charge is -2.28. The van der Waals surface area contributed by atoms with Gasteiger partial charge in [0.05, 0.1) is 7.11 Å². The Bertz CT molecular complexity index is 685. The van der Waals surface area contributed by atoms with E-state index in [9.17, 15) is 0 Å². The summed E-state index contributed by atoms with van der Waals surface area (Å²) in [6.07, 6.45) is 2.39. The molecule has 0 radical (unpaired) electrons. The van der Waals surface area contributed by atoms with Crippen LogP contribution in [0.15, 0.2) is 42.5 Å². The van der Waals surface area contributed by atoms with Crippen LogP contribution in [0.5, 0.6) is 11.5 Å². The average Bonchev–Trinajstić information content (AvgIpc) is 2.61. The van der Waals surface area contributed by atoms with Gasteiger partial charge in [0.2, 0.25) is 0 Å². The first kappa shape index (κ1) is 15.6. The third-order valence-electron chi connectivity index (χ3n) is 4.25. The molecule has 0 fully saturated rings. The van der Waals surface area contributed by atoms with Crippen molar-refractivity contribution in [2.45, 2.75) is 13.0 Å². The van der Waals surface area contributed by atoms with Gasteiger partial charge in [-0.25, -0.2) is 0 Å². The lowest BCUT2D eigenvalue weighted by Crippen LogP contribution is -2.33. The number of nitrogens with zero attached hydrogens (tertiary/aromatic N) is 1. The van der Waals surface area contributed by atoms with Crippen LogP contribution >= 0.6 is 0 Å². The van der Waals surface area contributed by atoms with E-state index in [-0.39, 0.29) is 0 Å². The van der Waals surface area contributed by atoms with Crippen molar-refractivity contribution >= 4 is 6.21 Å². The van der Waals surface area contributed by atoms with Crippen LogP contribution in [0.3, 0.4) is 0 Å². The molecule has 2 aromatic rings. The van der Waals surface area contributed by atoms with E-state index in [4.69, 9.17) is 14.9 Å². The Morgan fingerprint density at radius 3 is 2.78 bits per heavy atom. The van der Waals surface area contributed by atoms with Gasteiger partial charge in [0, 0.05) is 37.5 Å². The van der Waals surface area contributed by atoms with Crippen LogP contribution in [0, 0.1) is 5.41 Å². The number of hydrogen-bond donors (Lipinski definition) is 1. The molecular weight excluding hydrogens is 288 g/mol. The van der Waals surface area contributed by atoms with E-state index in [2.05, 4.69) is 29.2 Å². The largest absolute Gasteiger partial charge is 0.496 e. The highest BCUT2D eigenvalue weighted by atomic mass is 16.5. The summed E-state index contributed by atoms with van der Waals surface area (Å²) in [6, 6.07) is 14.2. The van der Waals surface area contributed by atoms with Crippen LogP contribution in [0.2, 0.25) is 0 Å². The molecule has 0 bridgehead atoms. The molecule has 120 valence electrons. The zero-order valence-corrected chi connectivity index (χ0v) is 13.4. The van der Waals surface area contributed by atoms with Crippen LogP contribution in [0.25, 0.3) is 0 Å². The molecular formula is C19H22N2O2. The topological polar surface area (TPSA) is 45.6 Å². The van der Waals surface area contributed by atoms with Crippen molar-refractivity contribution < 1.29 is 9.47 Å². The van der Waals surface area contributed by atoms with Crippen molar-refractivity contribution in [3.63, 3.8) is 0 Å². The molecule has 2 aromatic carbocycles. The number of ether oxygens (including phenoxy) is 2. The molecule has 4 nitrogen and oxygen atoms in total. The van der Waals surface area contributed by atoms with Gasteiger partial charge in [-0.05, 0) is 29.7 Å². The van der Waals surface area contributed by atoms with Gasteiger partial charge in [-0.15, -0.1) is 0 Å². The van der Waals surface area contributed by atoms with Crippen LogP contribution in [0.1, 0.15) is 16.7 Å².